The van der Waals surface area contributed by atoms with Crippen LogP contribution in [0.2, 0.25) is 15.1 Å². The van der Waals surface area contributed by atoms with Gasteiger partial charge in [-0.05, 0) is 81.3 Å². The number of carbonyl (C=O) groups excluding carboxylic acids is 2. The van der Waals surface area contributed by atoms with E-state index in [1.54, 1.807) is 48.5 Å². The summed E-state index contributed by atoms with van der Waals surface area (Å²) in [6.45, 7) is 0.306. The van der Waals surface area contributed by atoms with E-state index >= 15 is 0 Å². The Bertz CT molecular complexity index is 1310. The third-order valence-corrected chi connectivity index (χ3v) is 7.55. The van der Waals surface area contributed by atoms with Crippen molar-refractivity contribution in [3.8, 4) is 11.5 Å². The van der Waals surface area contributed by atoms with E-state index in [-0.39, 0.29) is 11.4 Å². The first kappa shape index (κ1) is 25.9. The average molecular weight is 614 g/mol. The smallest absolute Gasteiger partial charge is 0.293 e. The molecule has 0 aliphatic carbocycles. The number of hydrogen-bond donors (Lipinski definition) is 0. The van der Waals surface area contributed by atoms with Crippen molar-refractivity contribution in [2.45, 2.75) is 13.2 Å². The van der Waals surface area contributed by atoms with Crippen LogP contribution in [-0.2, 0) is 17.9 Å². The highest BCUT2D eigenvalue weighted by atomic mass is 79.9. The molecule has 0 N–H and O–H groups in total. The molecule has 1 saturated heterocycles. The highest BCUT2D eigenvalue weighted by Gasteiger charge is 2.35. The lowest BCUT2D eigenvalue weighted by Gasteiger charge is -2.15. The molecule has 5 nitrogen and oxygen atoms in total. The number of nitrogens with zero attached hydrogens (tertiary/aromatic N) is 1. The maximum Gasteiger partial charge on any atom is 0.293 e. The Morgan fingerprint density at radius 1 is 1.03 bits per heavy atom. The van der Waals surface area contributed by atoms with E-state index < -0.39 is 11.1 Å². The van der Waals surface area contributed by atoms with Crippen LogP contribution >= 0.6 is 62.5 Å². The summed E-state index contributed by atoms with van der Waals surface area (Å²) >= 11 is 22.7. The molecular weight excluding hydrogens is 597 g/mol. The van der Waals surface area contributed by atoms with Crippen LogP contribution < -0.4 is 9.47 Å². The quantitative estimate of drug-likeness (QED) is 0.251. The van der Waals surface area contributed by atoms with Crippen LogP contribution in [-0.4, -0.2) is 23.2 Å². The second-order valence-electron chi connectivity index (χ2n) is 7.42. The second kappa shape index (κ2) is 11.3. The Hall–Kier alpha value is -2.16. The van der Waals surface area contributed by atoms with Crippen molar-refractivity contribution >= 4 is 79.7 Å². The molecule has 1 aliphatic rings. The van der Waals surface area contributed by atoms with Crippen molar-refractivity contribution in [1.29, 1.82) is 0 Å². The van der Waals surface area contributed by atoms with Crippen molar-refractivity contribution in [3.05, 3.63) is 95.7 Å². The third-order valence-electron chi connectivity index (χ3n) is 5.10. The van der Waals surface area contributed by atoms with Crippen LogP contribution in [0.15, 0.2) is 64.0 Å². The van der Waals surface area contributed by atoms with Gasteiger partial charge in [-0.15, -0.1) is 0 Å². The largest absolute Gasteiger partial charge is 0.493 e. The van der Waals surface area contributed by atoms with Gasteiger partial charge in [-0.2, -0.15) is 0 Å². The standard InChI is InChI=1S/C25H17BrCl3NO4S/c1-33-21-10-15(9-18(26)23(21)34-13-14-5-7-16(27)8-6-14)11-22-24(31)30(25(32)35-22)12-17-19(28)3-2-4-20(17)29/h2-11H,12-13H2,1H3/b22-11-. The molecule has 1 aliphatic heterocycles. The molecule has 0 unspecified atom stereocenters. The van der Waals surface area contributed by atoms with Crippen molar-refractivity contribution in [2.24, 2.45) is 0 Å². The second-order valence-corrected chi connectivity index (χ2v) is 10.5. The van der Waals surface area contributed by atoms with E-state index in [4.69, 9.17) is 44.3 Å². The van der Waals surface area contributed by atoms with Gasteiger partial charge in [0.2, 0.25) is 0 Å². The van der Waals surface area contributed by atoms with Gasteiger partial charge in [0.05, 0.1) is 23.0 Å². The fourth-order valence-corrected chi connectivity index (χ4v) is 5.38. The number of thioether (sulfide) groups is 1. The van der Waals surface area contributed by atoms with Gasteiger partial charge in [0, 0.05) is 20.6 Å². The summed E-state index contributed by atoms with van der Waals surface area (Å²) in [7, 11) is 1.53. The molecule has 3 aromatic rings. The number of rotatable bonds is 7. The maximum absolute atomic E-state index is 13.0. The molecule has 0 atom stereocenters. The summed E-state index contributed by atoms with van der Waals surface area (Å²) in [6, 6.07) is 15.9. The molecule has 0 bridgehead atoms. The van der Waals surface area contributed by atoms with Crippen molar-refractivity contribution in [3.63, 3.8) is 0 Å². The zero-order valence-corrected chi connectivity index (χ0v) is 22.9. The number of imide groups is 1. The molecule has 1 fully saturated rings. The molecule has 2 amide bonds. The predicted octanol–water partition coefficient (Wildman–Crippen LogP) is 8.23. The average Bonchev–Trinajstić information content (AvgIpc) is 3.08. The van der Waals surface area contributed by atoms with Crippen molar-refractivity contribution in [2.75, 3.05) is 7.11 Å². The minimum atomic E-state index is -0.422. The highest BCUT2D eigenvalue weighted by Crippen LogP contribution is 2.40. The minimum absolute atomic E-state index is 0.00892. The molecule has 0 radical (unpaired) electrons. The number of carbonyl (C=O) groups is 2. The maximum atomic E-state index is 13.0. The molecule has 10 heteroatoms. The molecule has 35 heavy (non-hydrogen) atoms. The van der Waals surface area contributed by atoms with Crippen LogP contribution in [0, 0.1) is 0 Å². The lowest BCUT2D eigenvalue weighted by Crippen LogP contribution is -2.27. The molecule has 180 valence electrons. The molecule has 3 aromatic carbocycles. The summed E-state index contributed by atoms with van der Waals surface area (Å²) < 4.78 is 12.1. The van der Waals surface area contributed by atoms with Gasteiger partial charge >= 0.3 is 0 Å². The van der Waals surface area contributed by atoms with Crippen LogP contribution in [0.1, 0.15) is 16.7 Å². The van der Waals surface area contributed by atoms with Crippen molar-refractivity contribution < 1.29 is 19.1 Å². The monoisotopic (exact) mass is 611 g/mol. The summed E-state index contributed by atoms with van der Waals surface area (Å²) in [5, 5.41) is 1.04. The summed E-state index contributed by atoms with van der Waals surface area (Å²) in [6.07, 6.45) is 1.63. The van der Waals surface area contributed by atoms with Gasteiger partial charge in [0.25, 0.3) is 11.1 Å². The van der Waals surface area contributed by atoms with E-state index in [1.165, 1.54) is 7.11 Å². The zero-order valence-electron chi connectivity index (χ0n) is 18.2. The normalized spacial score (nSPS) is 14.7. The van der Waals surface area contributed by atoms with Crippen molar-refractivity contribution in [1.82, 2.24) is 4.90 Å². The Balaban J connectivity index is 1.54. The van der Waals surface area contributed by atoms with Gasteiger partial charge in [-0.25, -0.2) is 0 Å². The van der Waals surface area contributed by atoms with Crippen LogP contribution in [0.3, 0.4) is 0 Å². The first-order chi connectivity index (χ1) is 16.8. The highest BCUT2D eigenvalue weighted by molar-refractivity contribution is 9.10. The molecule has 1 heterocycles. The van der Waals surface area contributed by atoms with Gasteiger partial charge in [-0.1, -0.05) is 53.0 Å². The van der Waals surface area contributed by atoms with E-state index in [0.29, 0.717) is 48.8 Å². The van der Waals surface area contributed by atoms with Gasteiger partial charge in [0.15, 0.2) is 11.5 Å². The van der Waals surface area contributed by atoms with E-state index in [2.05, 4.69) is 15.9 Å². The number of hydrogen-bond acceptors (Lipinski definition) is 5. The number of methoxy groups -OCH3 is 1. The molecular formula is C25H17BrCl3NO4S. The van der Waals surface area contributed by atoms with Gasteiger partial charge in [-0.3, -0.25) is 14.5 Å². The Morgan fingerprint density at radius 3 is 2.37 bits per heavy atom. The fourth-order valence-electron chi connectivity index (χ4n) is 3.33. The number of ether oxygens (including phenoxy) is 2. The number of benzene rings is 3. The Morgan fingerprint density at radius 2 is 1.71 bits per heavy atom. The first-order valence-corrected chi connectivity index (χ1v) is 12.9. The molecule has 0 saturated carbocycles. The van der Waals surface area contributed by atoms with E-state index in [1.807, 2.05) is 12.1 Å². The minimum Gasteiger partial charge on any atom is -0.493 e. The lowest BCUT2D eigenvalue weighted by molar-refractivity contribution is -0.123. The molecule has 0 spiro atoms. The lowest BCUT2D eigenvalue weighted by atomic mass is 10.1. The summed E-state index contributed by atoms with van der Waals surface area (Å²) in [5.41, 5.74) is 2.12. The van der Waals surface area contributed by atoms with Crippen LogP contribution in [0.4, 0.5) is 4.79 Å². The first-order valence-electron chi connectivity index (χ1n) is 10.2. The Labute approximate surface area is 230 Å². The van der Waals surface area contributed by atoms with E-state index in [9.17, 15) is 9.59 Å². The SMILES string of the molecule is COc1cc(/C=C2\SC(=O)N(Cc3c(Cl)cccc3Cl)C2=O)cc(Br)c1OCc1ccc(Cl)cc1. The Kier molecular flexibility index (Phi) is 8.34. The number of halogens is 4. The zero-order chi connectivity index (χ0) is 25.1. The predicted molar refractivity (Wildman–Crippen MR) is 144 cm³/mol. The van der Waals surface area contributed by atoms with E-state index in [0.717, 1.165) is 22.2 Å². The molecule has 4 rings (SSSR count). The van der Waals surface area contributed by atoms with Gasteiger partial charge in [0.1, 0.15) is 6.61 Å². The van der Waals surface area contributed by atoms with Gasteiger partial charge < -0.3 is 9.47 Å². The summed E-state index contributed by atoms with van der Waals surface area (Å²) in [5.74, 6) is 0.567. The van der Waals surface area contributed by atoms with Crippen LogP contribution in [0.25, 0.3) is 6.08 Å². The fraction of sp³-hybridized carbons (Fsp3) is 0.120. The summed E-state index contributed by atoms with van der Waals surface area (Å²) in [4.78, 5) is 27.0. The third kappa shape index (κ3) is 5.98. The molecule has 0 aromatic heterocycles. The number of amides is 2. The van der Waals surface area contributed by atoms with Crippen LogP contribution in [0.5, 0.6) is 11.5 Å². The topological polar surface area (TPSA) is 55.8 Å².